The van der Waals surface area contributed by atoms with E-state index < -0.39 is 0 Å². The van der Waals surface area contributed by atoms with E-state index in [1.165, 1.54) is 16.3 Å². The lowest BCUT2D eigenvalue weighted by Gasteiger charge is -2.38. The van der Waals surface area contributed by atoms with Gasteiger partial charge in [-0.1, -0.05) is 43.3 Å². The van der Waals surface area contributed by atoms with Crippen LogP contribution in [0.1, 0.15) is 38.3 Å². The maximum absolute atomic E-state index is 13.1. The first-order chi connectivity index (χ1) is 11.6. The molecule has 1 N–H and O–H groups in total. The van der Waals surface area contributed by atoms with Crippen LogP contribution in [-0.2, 0) is 4.79 Å². The number of rotatable bonds is 5. The molecule has 2 aromatic carbocycles. The molecule has 0 bridgehead atoms. The van der Waals surface area contributed by atoms with Gasteiger partial charge in [0.1, 0.15) is 0 Å². The highest BCUT2D eigenvalue weighted by Crippen LogP contribution is 2.37. The molecule has 0 spiro atoms. The zero-order valence-electron chi connectivity index (χ0n) is 14.9. The number of nitrogens with zero attached hydrogens (tertiary/aromatic N) is 1. The van der Waals surface area contributed by atoms with Crippen LogP contribution < -0.4 is 5.32 Å². The lowest BCUT2D eigenvalue weighted by molar-refractivity contribution is -0.140. The molecule has 1 saturated carbocycles. The Kier molecular flexibility index (Phi) is 5.35. The van der Waals surface area contributed by atoms with Crippen molar-refractivity contribution >= 4 is 29.1 Å². The Morgan fingerprint density at radius 1 is 1.08 bits per heavy atom. The number of carbonyl (C=O) groups excluding carboxylic acids is 1. The fourth-order valence-electron chi connectivity index (χ4n) is 3.77. The minimum absolute atomic E-state index is 0. The second-order valence-electron chi connectivity index (χ2n) is 7.47. The molecule has 2 aliphatic rings. The minimum atomic E-state index is 0. The largest absolute Gasteiger partial charge is 0.333 e. The second kappa shape index (κ2) is 7.35. The summed E-state index contributed by atoms with van der Waals surface area (Å²) < 4.78 is 0. The van der Waals surface area contributed by atoms with Crippen molar-refractivity contribution in [2.24, 2.45) is 11.8 Å². The summed E-state index contributed by atoms with van der Waals surface area (Å²) in [7, 11) is 0. The standard InChI is InChI=1S/C21H26N2O.ClH/c1-14(19-12-22-13-19)21(24)23(20-9-10-20)15(2)17-8-7-16-5-3-4-6-18(16)11-17;/h3-8,11,14-15,19-20,22H,9-10,12-13H2,1-2H3;1H. The first-order valence-electron chi connectivity index (χ1n) is 9.16. The number of hydrogen-bond acceptors (Lipinski definition) is 2. The Hall–Kier alpha value is -1.58. The fraction of sp³-hybridized carbons (Fsp3) is 0.476. The summed E-state index contributed by atoms with van der Waals surface area (Å²) in [6, 6.07) is 15.6. The van der Waals surface area contributed by atoms with Gasteiger partial charge in [-0.05, 0) is 61.2 Å². The first kappa shape index (κ1) is 18.2. The van der Waals surface area contributed by atoms with E-state index in [-0.39, 0.29) is 24.4 Å². The molecule has 1 heterocycles. The van der Waals surface area contributed by atoms with Gasteiger partial charge in [-0.2, -0.15) is 0 Å². The summed E-state index contributed by atoms with van der Waals surface area (Å²) in [5.74, 6) is 0.960. The van der Waals surface area contributed by atoms with E-state index >= 15 is 0 Å². The van der Waals surface area contributed by atoms with Crippen molar-refractivity contribution < 1.29 is 4.79 Å². The van der Waals surface area contributed by atoms with Crippen molar-refractivity contribution in [3.63, 3.8) is 0 Å². The van der Waals surface area contributed by atoms with Crippen LogP contribution >= 0.6 is 12.4 Å². The van der Waals surface area contributed by atoms with E-state index in [1.807, 2.05) is 0 Å². The molecule has 1 saturated heterocycles. The summed E-state index contributed by atoms with van der Waals surface area (Å²) in [5.41, 5.74) is 1.24. The second-order valence-corrected chi connectivity index (χ2v) is 7.47. The molecule has 2 aromatic rings. The predicted molar refractivity (Wildman–Crippen MR) is 105 cm³/mol. The smallest absolute Gasteiger partial charge is 0.226 e. The van der Waals surface area contributed by atoms with E-state index in [0.29, 0.717) is 17.9 Å². The number of hydrogen-bond donors (Lipinski definition) is 1. The lowest BCUT2D eigenvalue weighted by atomic mass is 9.87. The third kappa shape index (κ3) is 3.54. The molecule has 0 radical (unpaired) electrons. The van der Waals surface area contributed by atoms with Crippen LogP contribution in [0.5, 0.6) is 0 Å². The molecule has 25 heavy (non-hydrogen) atoms. The highest BCUT2D eigenvalue weighted by Gasteiger charge is 2.40. The van der Waals surface area contributed by atoms with Crippen molar-refractivity contribution in [3.8, 4) is 0 Å². The average Bonchev–Trinajstić information content (AvgIpc) is 3.37. The molecule has 1 aliphatic carbocycles. The number of halogens is 1. The molecule has 0 aromatic heterocycles. The van der Waals surface area contributed by atoms with Crippen LogP contribution in [0.2, 0.25) is 0 Å². The third-order valence-electron chi connectivity index (χ3n) is 5.78. The molecular formula is C21H27ClN2O. The van der Waals surface area contributed by atoms with Gasteiger partial charge in [0.25, 0.3) is 0 Å². The molecule has 134 valence electrons. The normalized spacial score (nSPS) is 19.6. The van der Waals surface area contributed by atoms with Crippen LogP contribution in [0.25, 0.3) is 10.8 Å². The van der Waals surface area contributed by atoms with Gasteiger partial charge in [-0.25, -0.2) is 0 Å². The first-order valence-corrected chi connectivity index (χ1v) is 9.16. The topological polar surface area (TPSA) is 32.3 Å². The van der Waals surface area contributed by atoms with Crippen LogP contribution in [0, 0.1) is 11.8 Å². The van der Waals surface area contributed by atoms with Gasteiger partial charge in [0.05, 0.1) is 6.04 Å². The highest BCUT2D eigenvalue weighted by molar-refractivity contribution is 5.85. The molecule has 2 unspecified atom stereocenters. The van der Waals surface area contributed by atoms with Gasteiger partial charge in [0.15, 0.2) is 0 Å². The van der Waals surface area contributed by atoms with Gasteiger partial charge in [-0.15, -0.1) is 12.4 Å². The average molecular weight is 359 g/mol. The predicted octanol–water partition coefficient (Wildman–Crippen LogP) is 4.17. The number of nitrogens with one attached hydrogen (secondary N) is 1. The zero-order chi connectivity index (χ0) is 16.7. The van der Waals surface area contributed by atoms with Crippen molar-refractivity contribution in [1.82, 2.24) is 10.2 Å². The van der Waals surface area contributed by atoms with Crippen molar-refractivity contribution in [2.45, 2.75) is 38.8 Å². The molecular weight excluding hydrogens is 332 g/mol. The molecule has 4 rings (SSSR count). The lowest BCUT2D eigenvalue weighted by Crippen LogP contribution is -2.51. The molecule has 2 fully saturated rings. The van der Waals surface area contributed by atoms with Gasteiger partial charge in [0, 0.05) is 12.0 Å². The number of fused-ring (bicyclic) bond motifs is 1. The van der Waals surface area contributed by atoms with Gasteiger partial charge < -0.3 is 10.2 Å². The summed E-state index contributed by atoms with van der Waals surface area (Å²) in [5, 5.41) is 5.80. The maximum Gasteiger partial charge on any atom is 0.226 e. The molecule has 4 heteroatoms. The Morgan fingerprint density at radius 3 is 2.36 bits per heavy atom. The Morgan fingerprint density at radius 2 is 1.76 bits per heavy atom. The molecule has 1 aliphatic heterocycles. The van der Waals surface area contributed by atoms with E-state index in [2.05, 4.69) is 66.5 Å². The van der Waals surface area contributed by atoms with Crippen LogP contribution in [-0.4, -0.2) is 29.9 Å². The summed E-state index contributed by atoms with van der Waals surface area (Å²) in [6.45, 7) is 6.26. The number of benzene rings is 2. The monoisotopic (exact) mass is 358 g/mol. The molecule has 3 nitrogen and oxygen atoms in total. The summed E-state index contributed by atoms with van der Waals surface area (Å²) in [6.07, 6.45) is 2.30. The number of amides is 1. The SMILES string of the molecule is CC(C(=O)N(C1CC1)C(C)c1ccc2ccccc2c1)C1CNC1.Cl. The van der Waals surface area contributed by atoms with E-state index in [1.54, 1.807) is 0 Å². The summed E-state index contributed by atoms with van der Waals surface area (Å²) >= 11 is 0. The van der Waals surface area contributed by atoms with Crippen molar-refractivity contribution in [2.75, 3.05) is 13.1 Å². The van der Waals surface area contributed by atoms with E-state index in [9.17, 15) is 4.79 Å². The molecule has 2 atom stereocenters. The van der Waals surface area contributed by atoms with Gasteiger partial charge in [-0.3, -0.25) is 4.79 Å². The third-order valence-corrected chi connectivity index (χ3v) is 5.78. The number of carbonyl (C=O) groups is 1. The van der Waals surface area contributed by atoms with Gasteiger partial charge >= 0.3 is 0 Å². The highest BCUT2D eigenvalue weighted by atomic mass is 35.5. The minimum Gasteiger partial charge on any atom is -0.333 e. The Balaban J connectivity index is 0.00000182. The quantitative estimate of drug-likeness (QED) is 0.870. The molecule has 1 amide bonds. The Bertz CT molecular complexity index is 754. The zero-order valence-corrected chi connectivity index (χ0v) is 15.8. The van der Waals surface area contributed by atoms with E-state index in [0.717, 1.165) is 25.9 Å². The van der Waals surface area contributed by atoms with Crippen molar-refractivity contribution in [1.29, 1.82) is 0 Å². The van der Waals surface area contributed by atoms with Crippen LogP contribution in [0.15, 0.2) is 42.5 Å². The Labute approximate surface area is 156 Å². The van der Waals surface area contributed by atoms with E-state index in [4.69, 9.17) is 0 Å². The van der Waals surface area contributed by atoms with Crippen molar-refractivity contribution in [3.05, 3.63) is 48.0 Å². The van der Waals surface area contributed by atoms with Crippen LogP contribution in [0.3, 0.4) is 0 Å². The van der Waals surface area contributed by atoms with Crippen LogP contribution in [0.4, 0.5) is 0 Å². The van der Waals surface area contributed by atoms with Gasteiger partial charge in [0.2, 0.25) is 5.91 Å². The summed E-state index contributed by atoms with van der Waals surface area (Å²) in [4.78, 5) is 15.3. The fourth-order valence-corrected chi connectivity index (χ4v) is 3.77. The maximum atomic E-state index is 13.1.